The molecule has 3 nitrogen and oxygen atoms in total. The van der Waals surface area contributed by atoms with Crippen molar-refractivity contribution in [2.75, 3.05) is 19.7 Å². The van der Waals surface area contributed by atoms with Gasteiger partial charge in [0, 0.05) is 18.9 Å². The van der Waals surface area contributed by atoms with Gasteiger partial charge in [0.2, 0.25) is 0 Å². The van der Waals surface area contributed by atoms with E-state index in [1.165, 1.54) is 0 Å². The minimum Gasteiger partial charge on any atom is -0.493 e. The third kappa shape index (κ3) is 4.83. The molecule has 1 heterocycles. The molecular formula is C19H24FNO2. The second-order valence-corrected chi connectivity index (χ2v) is 6.01. The Morgan fingerprint density at radius 3 is 2.83 bits per heavy atom. The molecule has 1 atom stereocenters. The summed E-state index contributed by atoms with van der Waals surface area (Å²) < 4.78 is 25.5. The number of rotatable bonds is 6. The molecule has 1 saturated heterocycles. The van der Waals surface area contributed by atoms with Gasteiger partial charge in [0.05, 0.1) is 6.61 Å². The van der Waals surface area contributed by atoms with E-state index < -0.39 is 6.17 Å². The highest BCUT2D eigenvalue weighted by atomic mass is 19.1. The average molecular weight is 317 g/mol. The lowest BCUT2D eigenvalue weighted by Crippen LogP contribution is -2.34. The normalized spacial score (nSPS) is 21.8. The zero-order valence-corrected chi connectivity index (χ0v) is 13.3. The van der Waals surface area contributed by atoms with Crippen molar-refractivity contribution in [1.82, 2.24) is 5.32 Å². The molecule has 1 aliphatic heterocycles. The predicted molar refractivity (Wildman–Crippen MR) is 89.8 cm³/mol. The van der Waals surface area contributed by atoms with Gasteiger partial charge >= 0.3 is 0 Å². The van der Waals surface area contributed by atoms with Gasteiger partial charge in [-0.2, -0.15) is 0 Å². The Morgan fingerprint density at radius 1 is 1.17 bits per heavy atom. The molecule has 4 heteroatoms. The van der Waals surface area contributed by atoms with Crippen LogP contribution in [0.4, 0.5) is 4.39 Å². The van der Waals surface area contributed by atoms with E-state index in [9.17, 15) is 4.39 Å². The summed E-state index contributed by atoms with van der Waals surface area (Å²) in [5.74, 6) is 1.62. The van der Waals surface area contributed by atoms with Crippen LogP contribution in [0, 0.1) is 0 Å². The maximum Gasteiger partial charge on any atom is 0.125 e. The summed E-state index contributed by atoms with van der Waals surface area (Å²) in [5, 5.41) is 3.33. The molecule has 0 aromatic heterocycles. The maximum absolute atomic E-state index is 13.7. The number of allylic oxidation sites excluding steroid dienone is 3. The van der Waals surface area contributed by atoms with Crippen LogP contribution in [0.2, 0.25) is 0 Å². The summed E-state index contributed by atoms with van der Waals surface area (Å²) in [6.45, 7) is 2.50. The molecule has 1 unspecified atom stereocenters. The van der Waals surface area contributed by atoms with Crippen LogP contribution in [0.25, 0.3) is 0 Å². The fraction of sp³-hybridized carbons (Fsp3) is 0.474. The van der Waals surface area contributed by atoms with Gasteiger partial charge < -0.3 is 14.8 Å². The Balaban J connectivity index is 1.49. The fourth-order valence-corrected chi connectivity index (χ4v) is 2.92. The lowest BCUT2D eigenvalue weighted by molar-refractivity contribution is 0.162. The zero-order valence-electron chi connectivity index (χ0n) is 13.3. The summed E-state index contributed by atoms with van der Waals surface area (Å²) in [7, 11) is 0. The van der Waals surface area contributed by atoms with E-state index in [1.807, 2.05) is 42.5 Å². The quantitative estimate of drug-likeness (QED) is 0.865. The number of benzene rings is 1. The van der Waals surface area contributed by atoms with Gasteiger partial charge in [-0.1, -0.05) is 24.3 Å². The lowest BCUT2D eigenvalue weighted by Gasteiger charge is -2.24. The standard InChI is InChI=1S/C19H24FNO2/c20-19-7-2-1-4-15(19)10-13-22-17-5-3-6-18(14-17)23-16-8-11-21-12-9-16/h1-6,14,16,19,21H,7-13H2. The van der Waals surface area contributed by atoms with E-state index in [2.05, 4.69) is 5.32 Å². The second-order valence-electron chi connectivity index (χ2n) is 6.01. The molecule has 2 aliphatic rings. The van der Waals surface area contributed by atoms with Crippen molar-refractivity contribution in [3.8, 4) is 11.5 Å². The van der Waals surface area contributed by atoms with E-state index in [0.717, 1.165) is 43.0 Å². The molecular weight excluding hydrogens is 293 g/mol. The van der Waals surface area contributed by atoms with Gasteiger partial charge in [0.1, 0.15) is 23.8 Å². The molecule has 1 aromatic rings. The Labute approximate surface area is 137 Å². The van der Waals surface area contributed by atoms with E-state index in [1.54, 1.807) is 0 Å². The highest BCUT2D eigenvalue weighted by Gasteiger charge is 2.15. The van der Waals surface area contributed by atoms with Gasteiger partial charge in [-0.05, 0) is 43.6 Å². The first-order chi connectivity index (χ1) is 11.3. The van der Waals surface area contributed by atoms with Crippen LogP contribution in [0.3, 0.4) is 0 Å². The Hall–Kier alpha value is -1.81. The van der Waals surface area contributed by atoms with Crippen LogP contribution in [0.5, 0.6) is 11.5 Å². The predicted octanol–water partition coefficient (Wildman–Crippen LogP) is 3.81. The SMILES string of the molecule is FC1CC=CC=C1CCOc1cccc(OC2CCNCC2)c1. The summed E-state index contributed by atoms with van der Waals surface area (Å²) >= 11 is 0. The Bertz CT molecular complexity index is 564. The second kappa shape index (κ2) is 8.16. The van der Waals surface area contributed by atoms with E-state index in [4.69, 9.17) is 9.47 Å². The smallest absolute Gasteiger partial charge is 0.125 e. The summed E-state index contributed by atoms with van der Waals surface area (Å²) in [5.41, 5.74) is 0.814. The van der Waals surface area contributed by atoms with Crippen molar-refractivity contribution < 1.29 is 13.9 Å². The molecule has 3 rings (SSSR count). The summed E-state index contributed by atoms with van der Waals surface area (Å²) in [6, 6.07) is 7.73. The van der Waals surface area contributed by atoms with E-state index in [0.29, 0.717) is 19.4 Å². The van der Waals surface area contributed by atoms with Gasteiger partial charge in [0.25, 0.3) is 0 Å². The van der Waals surface area contributed by atoms with Crippen molar-refractivity contribution in [3.05, 3.63) is 48.1 Å². The number of alkyl halides is 1. The van der Waals surface area contributed by atoms with E-state index >= 15 is 0 Å². The monoisotopic (exact) mass is 317 g/mol. The first kappa shape index (κ1) is 16.1. The van der Waals surface area contributed by atoms with Crippen molar-refractivity contribution in [1.29, 1.82) is 0 Å². The van der Waals surface area contributed by atoms with Gasteiger partial charge in [-0.25, -0.2) is 4.39 Å². The largest absolute Gasteiger partial charge is 0.493 e. The van der Waals surface area contributed by atoms with Crippen LogP contribution in [-0.4, -0.2) is 32.0 Å². The molecule has 0 spiro atoms. The van der Waals surface area contributed by atoms with Crippen molar-refractivity contribution >= 4 is 0 Å². The molecule has 124 valence electrons. The summed E-state index contributed by atoms with van der Waals surface area (Å²) in [4.78, 5) is 0. The first-order valence-corrected chi connectivity index (χ1v) is 8.41. The molecule has 1 N–H and O–H groups in total. The number of halogens is 1. The topological polar surface area (TPSA) is 30.5 Å². The van der Waals surface area contributed by atoms with Crippen molar-refractivity contribution in [2.45, 2.75) is 38.0 Å². The molecule has 1 aliphatic carbocycles. The minimum absolute atomic E-state index is 0.276. The molecule has 0 radical (unpaired) electrons. The van der Waals surface area contributed by atoms with Crippen LogP contribution >= 0.6 is 0 Å². The van der Waals surface area contributed by atoms with Gasteiger partial charge in [0.15, 0.2) is 0 Å². The Kier molecular flexibility index (Phi) is 5.70. The molecule has 23 heavy (non-hydrogen) atoms. The molecule has 0 bridgehead atoms. The average Bonchev–Trinajstić information content (AvgIpc) is 2.58. The Morgan fingerprint density at radius 2 is 2.00 bits per heavy atom. The molecule has 1 fully saturated rings. The number of hydrogen-bond donors (Lipinski definition) is 1. The third-order valence-electron chi connectivity index (χ3n) is 4.25. The zero-order chi connectivity index (χ0) is 15.9. The third-order valence-corrected chi connectivity index (χ3v) is 4.25. The van der Waals surface area contributed by atoms with E-state index in [-0.39, 0.29) is 6.10 Å². The highest BCUT2D eigenvalue weighted by Crippen LogP contribution is 2.24. The maximum atomic E-state index is 13.7. The molecule has 1 aromatic carbocycles. The lowest BCUT2D eigenvalue weighted by atomic mass is 10.0. The molecule has 0 saturated carbocycles. The fourth-order valence-electron chi connectivity index (χ4n) is 2.92. The number of nitrogens with one attached hydrogen (secondary N) is 1. The van der Waals surface area contributed by atoms with Crippen LogP contribution in [0.1, 0.15) is 25.7 Å². The summed E-state index contributed by atoms with van der Waals surface area (Å²) in [6.07, 6.45) is 8.20. The highest BCUT2D eigenvalue weighted by molar-refractivity contribution is 5.33. The molecule has 0 amide bonds. The van der Waals surface area contributed by atoms with Crippen molar-refractivity contribution in [2.24, 2.45) is 0 Å². The van der Waals surface area contributed by atoms with Crippen LogP contribution < -0.4 is 14.8 Å². The van der Waals surface area contributed by atoms with Crippen molar-refractivity contribution in [3.63, 3.8) is 0 Å². The number of ether oxygens (including phenoxy) is 2. The van der Waals surface area contributed by atoms with Gasteiger partial charge in [-0.15, -0.1) is 0 Å². The van der Waals surface area contributed by atoms with Gasteiger partial charge in [-0.3, -0.25) is 0 Å². The number of piperidine rings is 1. The first-order valence-electron chi connectivity index (χ1n) is 8.41. The van der Waals surface area contributed by atoms with Crippen LogP contribution in [-0.2, 0) is 0 Å². The minimum atomic E-state index is -0.863. The van der Waals surface area contributed by atoms with Crippen LogP contribution in [0.15, 0.2) is 48.1 Å². The number of hydrogen-bond acceptors (Lipinski definition) is 3.